The van der Waals surface area contributed by atoms with Crippen molar-refractivity contribution in [2.75, 3.05) is 25.6 Å². The highest BCUT2D eigenvalue weighted by atomic mass is 16.6. The molecule has 0 aromatic heterocycles. The Kier molecular flexibility index (Phi) is 7.65. The number of benzene rings is 2. The van der Waals surface area contributed by atoms with E-state index in [1.807, 2.05) is 13.8 Å². The summed E-state index contributed by atoms with van der Waals surface area (Å²) in [5, 5.41) is 13.9. The van der Waals surface area contributed by atoms with Gasteiger partial charge in [0, 0.05) is 31.0 Å². The Morgan fingerprint density at radius 3 is 2.42 bits per heavy atom. The van der Waals surface area contributed by atoms with Gasteiger partial charge >= 0.3 is 5.97 Å². The maximum Gasteiger partial charge on any atom is 0.341 e. The second-order valence-corrected chi connectivity index (χ2v) is 7.99. The highest BCUT2D eigenvalue weighted by molar-refractivity contribution is 6.01. The Balaban J connectivity index is 1.92. The summed E-state index contributed by atoms with van der Waals surface area (Å²) < 4.78 is 16.2. The van der Waals surface area contributed by atoms with Crippen LogP contribution in [0.5, 0.6) is 5.75 Å². The summed E-state index contributed by atoms with van der Waals surface area (Å²) in [6.07, 6.45) is 1.52. The number of carbonyl (C=O) groups excluding carboxylic acids is 2. The number of carbonyl (C=O) groups is 2. The minimum absolute atomic E-state index is 0.0408. The van der Waals surface area contributed by atoms with E-state index in [-0.39, 0.29) is 23.3 Å². The zero-order valence-corrected chi connectivity index (χ0v) is 19.0. The third kappa shape index (κ3) is 5.31. The van der Waals surface area contributed by atoms with Gasteiger partial charge < -0.3 is 19.5 Å². The maximum absolute atomic E-state index is 13.5. The quantitative estimate of drug-likeness (QED) is 0.359. The number of nitro benzene ring substituents is 1. The lowest BCUT2D eigenvalue weighted by atomic mass is 9.73. The molecule has 0 bridgehead atoms. The van der Waals surface area contributed by atoms with E-state index >= 15 is 0 Å². The van der Waals surface area contributed by atoms with Crippen LogP contribution in [0.25, 0.3) is 0 Å². The summed E-state index contributed by atoms with van der Waals surface area (Å²) in [6.45, 7) is 4.65. The van der Waals surface area contributed by atoms with Crippen LogP contribution in [-0.4, -0.2) is 43.2 Å². The second-order valence-electron chi connectivity index (χ2n) is 7.99. The molecule has 1 N–H and O–H groups in total. The molecule has 1 fully saturated rings. The fraction of sp³-hybridized carbons (Fsp3) is 0.417. The topological polar surface area (TPSA) is 117 Å². The predicted octanol–water partition coefficient (Wildman–Crippen LogP) is 4.25. The summed E-state index contributed by atoms with van der Waals surface area (Å²) in [4.78, 5) is 36.4. The van der Waals surface area contributed by atoms with Crippen molar-refractivity contribution in [3.05, 3.63) is 63.7 Å². The molecule has 0 unspecified atom stereocenters. The van der Waals surface area contributed by atoms with E-state index in [0.29, 0.717) is 43.1 Å². The largest absolute Gasteiger partial charge is 0.490 e. The summed E-state index contributed by atoms with van der Waals surface area (Å²) in [5.74, 6) is -0.461. The number of anilines is 1. The molecule has 0 saturated carbocycles. The third-order valence-electron chi connectivity index (χ3n) is 5.96. The maximum atomic E-state index is 13.5. The smallest absolute Gasteiger partial charge is 0.341 e. The Labute approximate surface area is 192 Å². The van der Waals surface area contributed by atoms with Crippen LogP contribution in [0, 0.1) is 10.1 Å². The number of hydrogen-bond acceptors (Lipinski definition) is 7. The Bertz CT molecular complexity index is 1010. The SMILES string of the molecule is CC[C@H](C)Oc1ccc(NC(=O)C2(c3ccc([N+](=O)[O-])cc3)CCOCC2)cc1C(=O)OC. The monoisotopic (exact) mass is 456 g/mol. The van der Waals surface area contributed by atoms with Crippen molar-refractivity contribution in [2.45, 2.75) is 44.6 Å². The van der Waals surface area contributed by atoms with Crippen molar-refractivity contribution >= 4 is 23.3 Å². The molecule has 2 aromatic carbocycles. The molecule has 0 spiro atoms. The van der Waals surface area contributed by atoms with Gasteiger partial charge in [-0.05, 0) is 49.9 Å². The van der Waals surface area contributed by atoms with Gasteiger partial charge in [0.25, 0.3) is 5.69 Å². The van der Waals surface area contributed by atoms with Gasteiger partial charge in [0.1, 0.15) is 11.3 Å². The molecule has 1 saturated heterocycles. The Morgan fingerprint density at radius 1 is 1.18 bits per heavy atom. The lowest BCUT2D eigenvalue weighted by Crippen LogP contribution is -2.44. The van der Waals surface area contributed by atoms with Gasteiger partial charge in [0.15, 0.2) is 0 Å². The second kappa shape index (κ2) is 10.4. The number of nitro groups is 1. The van der Waals surface area contributed by atoms with Crippen molar-refractivity contribution in [3.8, 4) is 5.75 Å². The van der Waals surface area contributed by atoms with Gasteiger partial charge in [-0.2, -0.15) is 0 Å². The summed E-state index contributed by atoms with van der Waals surface area (Å²) in [5.41, 5.74) is 0.362. The summed E-state index contributed by atoms with van der Waals surface area (Å²) in [7, 11) is 1.28. The minimum Gasteiger partial charge on any atom is -0.490 e. The molecule has 3 rings (SSSR count). The molecule has 0 aliphatic carbocycles. The van der Waals surface area contributed by atoms with Gasteiger partial charge in [0.05, 0.1) is 23.6 Å². The van der Waals surface area contributed by atoms with Crippen molar-refractivity contribution < 1.29 is 28.7 Å². The zero-order valence-electron chi connectivity index (χ0n) is 19.0. The van der Waals surface area contributed by atoms with E-state index < -0.39 is 16.3 Å². The van der Waals surface area contributed by atoms with Gasteiger partial charge in [-0.1, -0.05) is 19.1 Å². The molecule has 1 aliphatic rings. The molecule has 1 heterocycles. The average molecular weight is 456 g/mol. The number of non-ortho nitro benzene ring substituents is 1. The van der Waals surface area contributed by atoms with Crippen LogP contribution in [0.15, 0.2) is 42.5 Å². The fourth-order valence-corrected chi connectivity index (χ4v) is 3.80. The van der Waals surface area contributed by atoms with Crippen LogP contribution in [0.1, 0.15) is 49.0 Å². The highest BCUT2D eigenvalue weighted by Crippen LogP contribution is 2.37. The van der Waals surface area contributed by atoms with Gasteiger partial charge in [-0.15, -0.1) is 0 Å². The number of esters is 1. The normalized spacial score (nSPS) is 15.8. The van der Waals surface area contributed by atoms with Crippen molar-refractivity contribution in [1.29, 1.82) is 0 Å². The van der Waals surface area contributed by atoms with Gasteiger partial charge in [-0.25, -0.2) is 4.79 Å². The number of ether oxygens (including phenoxy) is 3. The molecular weight excluding hydrogens is 428 g/mol. The fourth-order valence-electron chi connectivity index (χ4n) is 3.80. The van der Waals surface area contributed by atoms with E-state index in [0.717, 1.165) is 6.42 Å². The lowest BCUT2D eigenvalue weighted by Gasteiger charge is -2.36. The molecule has 9 heteroatoms. The van der Waals surface area contributed by atoms with Crippen LogP contribution in [0.2, 0.25) is 0 Å². The third-order valence-corrected chi connectivity index (χ3v) is 5.96. The molecule has 1 aliphatic heterocycles. The molecule has 2 aromatic rings. The Morgan fingerprint density at radius 2 is 1.85 bits per heavy atom. The Hall–Kier alpha value is -3.46. The highest BCUT2D eigenvalue weighted by Gasteiger charge is 2.42. The number of methoxy groups -OCH3 is 1. The van der Waals surface area contributed by atoms with Crippen LogP contribution < -0.4 is 10.1 Å². The van der Waals surface area contributed by atoms with Crippen LogP contribution in [0.3, 0.4) is 0 Å². The molecule has 1 atom stereocenters. The van der Waals surface area contributed by atoms with Crippen LogP contribution >= 0.6 is 0 Å². The van der Waals surface area contributed by atoms with E-state index in [1.54, 1.807) is 24.3 Å². The van der Waals surface area contributed by atoms with E-state index in [2.05, 4.69) is 5.32 Å². The number of nitrogens with zero attached hydrogens (tertiary/aromatic N) is 1. The first-order valence-electron chi connectivity index (χ1n) is 10.8. The molecule has 1 amide bonds. The van der Waals surface area contributed by atoms with Gasteiger partial charge in [0.2, 0.25) is 5.91 Å². The molecule has 33 heavy (non-hydrogen) atoms. The lowest BCUT2D eigenvalue weighted by molar-refractivity contribution is -0.384. The van der Waals surface area contributed by atoms with Crippen molar-refractivity contribution in [3.63, 3.8) is 0 Å². The number of hydrogen-bond donors (Lipinski definition) is 1. The minimum atomic E-state index is -0.912. The molecular formula is C24H28N2O7. The molecule has 0 radical (unpaired) electrons. The standard InChI is InChI=1S/C24H28N2O7/c1-4-16(2)33-21-10-7-18(15-20(21)22(27)31-3)25-23(28)24(11-13-32-14-12-24)17-5-8-19(9-6-17)26(29)30/h5-10,15-16H,4,11-14H2,1-3H3,(H,25,28)/t16-/m0/s1. The zero-order chi connectivity index (χ0) is 24.0. The van der Waals surface area contributed by atoms with Crippen LogP contribution in [-0.2, 0) is 19.7 Å². The number of rotatable bonds is 8. The number of nitrogens with one attached hydrogen (secondary N) is 1. The molecule has 176 valence electrons. The van der Waals surface area contributed by atoms with Crippen LogP contribution in [0.4, 0.5) is 11.4 Å². The summed E-state index contributed by atoms with van der Waals surface area (Å²) in [6, 6.07) is 10.9. The number of amides is 1. The van der Waals surface area contributed by atoms with E-state index in [4.69, 9.17) is 14.2 Å². The van der Waals surface area contributed by atoms with Gasteiger partial charge in [-0.3, -0.25) is 14.9 Å². The predicted molar refractivity (Wildman–Crippen MR) is 122 cm³/mol. The first-order chi connectivity index (χ1) is 15.8. The summed E-state index contributed by atoms with van der Waals surface area (Å²) >= 11 is 0. The van der Waals surface area contributed by atoms with E-state index in [1.165, 1.54) is 25.3 Å². The van der Waals surface area contributed by atoms with Crippen molar-refractivity contribution in [1.82, 2.24) is 0 Å². The van der Waals surface area contributed by atoms with Crippen molar-refractivity contribution in [2.24, 2.45) is 0 Å². The molecule has 9 nitrogen and oxygen atoms in total. The first-order valence-corrected chi connectivity index (χ1v) is 10.8. The van der Waals surface area contributed by atoms with E-state index in [9.17, 15) is 19.7 Å². The average Bonchev–Trinajstić information content (AvgIpc) is 2.84. The first kappa shape index (κ1) is 24.2.